The molecule has 0 aliphatic carbocycles. The molecule has 43 heavy (non-hydrogen) atoms. The predicted molar refractivity (Wildman–Crippen MR) is 166 cm³/mol. The van der Waals surface area contributed by atoms with E-state index in [9.17, 15) is 9.59 Å². The van der Waals surface area contributed by atoms with Crippen LogP contribution < -0.4 is 15.8 Å². The zero-order valence-electron chi connectivity index (χ0n) is 23.5. The summed E-state index contributed by atoms with van der Waals surface area (Å²) in [5.41, 5.74) is 5.65. The summed E-state index contributed by atoms with van der Waals surface area (Å²) in [4.78, 5) is 37.7. The normalized spacial score (nSPS) is 11.9. The summed E-state index contributed by atoms with van der Waals surface area (Å²) in [6, 6.07) is 26.1. The van der Waals surface area contributed by atoms with E-state index in [4.69, 9.17) is 25.8 Å². The highest BCUT2D eigenvalue weighted by Crippen LogP contribution is 2.39. The lowest BCUT2D eigenvalue weighted by atomic mass is 9.92. The quantitative estimate of drug-likeness (QED) is 0.163. The molecule has 4 aromatic carbocycles. The molecule has 1 unspecified atom stereocenters. The molecule has 3 N–H and O–H groups in total. The molecule has 1 atom stereocenters. The number of imidazole rings is 1. The average molecular weight is 594 g/mol. The van der Waals surface area contributed by atoms with Crippen LogP contribution in [0.3, 0.4) is 0 Å². The molecular formula is C33H28ClN5O4. The number of halogens is 1. The largest absolute Gasteiger partial charge is 0.497 e. The second-order valence-electron chi connectivity index (χ2n) is 10.1. The van der Waals surface area contributed by atoms with Gasteiger partial charge in [0, 0.05) is 27.8 Å². The Bertz CT molecular complexity index is 1980. The lowest BCUT2D eigenvalue weighted by Crippen LogP contribution is -2.28. The van der Waals surface area contributed by atoms with Crippen molar-refractivity contribution in [3.05, 3.63) is 112 Å². The zero-order valence-corrected chi connectivity index (χ0v) is 24.2. The number of carbonyl (C=O) groups is 1. The van der Waals surface area contributed by atoms with E-state index in [0.29, 0.717) is 33.3 Å². The highest BCUT2D eigenvalue weighted by Gasteiger charge is 2.21. The van der Waals surface area contributed by atoms with E-state index < -0.39 is 5.76 Å². The zero-order chi connectivity index (χ0) is 29.9. The SMILES string of the molecule is CCCC(NC(=O)c1ccc(-c2cc(Cl)ccc2-c2nc3cc(OC)ccc3[nH]2)c(-c2nc(=O)o[nH]2)c1)c1ccccc1. The van der Waals surface area contributed by atoms with Gasteiger partial charge in [-0.15, -0.1) is 0 Å². The second-order valence-corrected chi connectivity index (χ2v) is 10.5. The highest BCUT2D eigenvalue weighted by molar-refractivity contribution is 6.31. The van der Waals surface area contributed by atoms with Gasteiger partial charge in [0.15, 0.2) is 5.82 Å². The number of hydrogen-bond donors (Lipinski definition) is 3. The number of hydrogen-bond acceptors (Lipinski definition) is 6. The Kier molecular flexibility index (Phi) is 7.81. The summed E-state index contributed by atoms with van der Waals surface area (Å²) in [5.74, 6) is 0.463. The molecule has 0 aliphatic rings. The number of nitrogens with one attached hydrogen (secondary N) is 3. The maximum absolute atomic E-state index is 13.6. The van der Waals surface area contributed by atoms with Gasteiger partial charge in [-0.2, -0.15) is 10.1 Å². The van der Waals surface area contributed by atoms with Crippen molar-refractivity contribution in [2.75, 3.05) is 7.11 Å². The van der Waals surface area contributed by atoms with Crippen molar-refractivity contribution in [2.24, 2.45) is 0 Å². The number of methoxy groups -OCH3 is 1. The molecule has 6 aromatic rings. The summed E-state index contributed by atoms with van der Waals surface area (Å²) in [7, 11) is 1.61. The summed E-state index contributed by atoms with van der Waals surface area (Å²) in [5, 5.41) is 6.26. The van der Waals surface area contributed by atoms with Crippen LogP contribution in [0.1, 0.15) is 41.7 Å². The van der Waals surface area contributed by atoms with E-state index >= 15 is 0 Å². The van der Waals surface area contributed by atoms with Gasteiger partial charge in [-0.25, -0.2) is 9.78 Å². The number of aromatic amines is 2. The van der Waals surface area contributed by atoms with Crippen LogP contribution in [0.4, 0.5) is 0 Å². The average Bonchev–Trinajstić information content (AvgIpc) is 3.66. The minimum Gasteiger partial charge on any atom is -0.497 e. The van der Waals surface area contributed by atoms with Crippen LogP contribution >= 0.6 is 11.6 Å². The van der Waals surface area contributed by atoms with E-state index in [1.807, 2.05) is 66.7 Å². The minimum absolute atomic E-state index is 0.153. The molecule has 0 bridgehead atoms. The van der Waals surface area contributed by atoms with Gasteiger partial charge in [0.05, 0.1) is 24.2 Å². The summed E-state index contributed by atoms with van der Waals surface area (Å²) >= 11 is 6.50. The van der Waals surface area contributed by atoms with Crippen molar-refractivity contribution in [3.63, 3.8) is 0 Å². The van der Waals surface area contributed by atoms with Gasteiger partial charge < -0.3 is 19.6 Å². The molecule has 216 valence electrons. The Morgan fingerprint density at radius 2 is 1.74 bits per heavy atom. The molecular weight excluding hydrogens is 566 g/mol. The minimum atomic E-state index is -0.777. The Labute approximate surface area is 251 Å². The molecule has 2 heterocycles. The first kappa shape index (κ1) is 28.0. The Morgan fingerprint density at radius 1 is 0.930 bits per heavy atom. The van der Waals surface area contributed by atoms with Crippen molar-refractivity contribution in [1.29, 1.82) is 0 Å². The molecule has 0 saturated heterocycles. The first-order valence-corrected chi connectivity index (χ1v) is 14.2. The van der Waals surface area contributed by atoms with Gasteiger partial charge in [0.25, 0.3) is 5.91 Å². The van der Waals surface area contributed by atoms with Gasteiger partial charge >= 0.3 is 5.76 Å². The fourth-order valence-electron chi connectivity index (χ4n) is 5.18. The lowest BCUT2D eigenvalue weighted by Gasteiger charge is -2.19. The van der Waals surface area contributed by atoms with Gasteiger partial charge in [-0.1, -0.05) is 61.3 Å². The molecule has 0 saturated carbocycles. The molecule has 1 amide bonds. The molecule has 10 heteroatoms. The van der Waals surface area contributed by atoms with E-state index in [-0.39, 0.29) is 17.8 Å². The van der Waals surface area contributed by atoms with Crippen molar-refractivity contribution in [1.82, 2.24) is 25.4 Å². The van der Waals surface area contributed by atoms with E-state index in [1.54, 1.807) is 25.3 Å². The number of nitrogens with zero attached hydrogens (tertiary/aromatic N) is 2. The standard InChI is InChI=1S/C33H28ClN5O4/c1-3-7-27(19-8-5-4-6-9-19)37-32(40)20-10-13-23(26(16-20)31-38-33(41)43-39-31)25-17-21(34)11-14-24(25)30-35-28-15-12-22(42-2)18-29(28)36-30/h4-6,8-18,27H,3,7H2,1-2H3,(H,35,36)(H,37,40)(H,38,39,41). The summed E-state index contributed by atoms with van der Waals surface area (Å²) < 4.78 is 10.3. The third kappa shape index (κ3) is 5.80. The summed E-state index contributed by atoms with van der Waals surface area (Å²) in [6.07, 6.45) is 1.68. The fourth-order valence-corrected chi connectivity index (χ4v) is 5.36. The molecule has 2 aromatic heterocycles. The molecule has 0 spiro atoms. The Hall–Kier alpha value is -5.15. The molecule has 6 rings (SSSR count). The van der Waals surface area contributed by atoms with Crippen molar-refractivity contribution in [3.8, 4) is 39.7 Å². The monoisotopic (exact) mass is 593 g/mol. The third-order valence-corrected chi connectivity index (χ3v) is 7.51. The van der Waals surface area contributed by atoms with Crippen molar-refractivity contribution in [2.45, 2.75) is 25.8 Å². The highest BCUT2D eigenvalue weighted by atomic mass is 35.5. The van der Waals surface area contributed by atoms with Crippen molar-refractivity contribution >= 4 is 28.5 Å². The number of fused-ring (bicyclic) bond motifs is 1. The smallest absolute Gasteiger partial charge is 0.460 e. The number of H-pyrrole nitrogens is 2. The van der Waals surface area contributed by atoms with Crippen LogP contribution in [-0.4, -0.2) is 33.1 Å². The Morgan fingerprint density at radius 3 is 2.49 bits per heavy atom. The van der Waals surface area contributed by atoms with E-state index in [0.717, 1.165) is 40.6 Å². The molecule has 0 aliphatic heterocycles. The number of benzene rings is 4. The van der Waals surface area contributed by atoms with Gasteiger partial charge in [0.2, 0.25) is 0 Å². The first-order valence-electron chi connectivity index (χ1n) is 13.8. The van der Waals surface area contributed by atoms with E-state index in [1.165, 1.54) is 0 Å². The van der Waals surface area contributed by atoms with E-state index in [2.05, 4.69) is 27.4 Å². The second kappa shape index (κ2) is 12.0. The molecule has 0 fully saturated rings. The molecule has 0 radical (unpaired) electrons. The van der Waals surface area contributed by atoms with Crippen LogP contribution in [0.15, 0.2) is 94.2 Å². The van der Waals surface area contributed by atoms with Gasteiger partial charge in [-0.05, 0) is 65.6 Å². The predicted octanol–water partition coefficient (Wildman–Crippen LogP) is 7.17. The number of ether oxygens (including phenoxy) is 1. The Balaban J connectivity index is 1.45. The maximum Gasteiger partial charge on any atom is 0.460 e. The number of amides is 1. The number of aromatic nitrogens is 4. The maximum atomic E-state index is 13.6. The van der Waals surface area contributed by atoms with Crippen molar-refractivity contribution < 1.29 is 14.1 Å². The first-order chi connectivity index (χ1) is 20.9. The third-order valence-electron chi connectivity index (χ3n) is 7.28. The van der Waals surface area contributed by atoms with Gasteiger partial charge in [-0.3, -0.25) is 4.79 Å². The van der Waals surface area contributed by atoms with Crippen LogP contribution in [0, 0.1) is 0 Å². The topological polar surface area (TPSA) is 126 Å². The van der Waals surface area contributed by atoms with Crippen LogP contribution in [-0.2, 0) is 0 Å². The lowest BCUT2D eigenvalue weighted by molar-refractivity contribution is 0.0934. The number of rotatable bonds is 9. The molecule has 9 nitrogen and oxygen atoms in total. The number of carbonyl (C=O) groups excluding carboxylic acids is 1. The van der Waals surface area contributed by atoms with Crippen LogP contribution in [0.25, 0.3) is 44.9 Å². The summed E-state index contributed by atoms with van der Waals surface area (Å²) in [6.45, 7) is 2.08. The van der Waals surface area contributed by atoms with Crippen LogP contribution in [0.2, 0.25) is 5.02 Å². The fraction of sp³-hybridized carbons (Fsp3) is 0.152. The van der Waals surface area contributed by atoms with Crippen LogP contribution in [0.5, 0.6) is 5.75 Å². The van der Waals surface area contributed by atoms with Gasteiger partial charge in [0.1, 0.15) is 11.6 Å².